The van der Waals surface area contributed by atoms with Crippen LogP contribution in [0.1, 0.15) is 16.9 Å². The van der Waals surface area contributed by atoms with Crippen molar-refractivity contribution in [2.45, 2.75) is 12.0 Å². The molecule has 7 heteroatoms. The summed E-state index contributed by atoms with van der Waals surface area (Å²) in [6.07, 6.45) is 2.09. The number of nitrogens with zero attached hydrogens (tertiary/aromatic N) is 2. The van der Waals surface area contributed by atoms with Gasteiger partial charge in [-0.2, -0.15) is 15.4 Å². The number of aromatic nitrogens is 3. The third kappa shape index (κ3) is 2.10. The molecule has 1 atom stereocenters. The van der Waals surface area contributed by atoms with E-state index in [1.165, 1.54) is 6.20 Å². The number of aromatic amines is 1. The lowest BCUT2D eigenvalue weighted by Gasteiger charge is -2.25. The van der Waals surface area contributed by atoms with Gasteiger partial charge in [-0.25, -0.2) is 0 Å². The first-order valence-electron chi connectivity index (χ1n) is 4.58. The predicted molar refractivity (Wildman–Crippen MR) is 52.7 cm³/mol. The van der Waals surface area contributed by atoms with Crippen molar-refractivity contribution in [2.24, 2.45) is 0 Å². The molecule has 1 amide bonds. The van der Waals surface area contributed by atoms with Crippen molar-refractivity contribution in [1.29, 1.82) is 0 Å². The molecule has 0 bridgehead atoms. The predicted octanol–water partition coefficient (Wildman–Crippen LogP) is -0.0676. The van der Waals surface area contributed by atoms with Crippen LogP contribution in [0.3, 0.4) is 0 Å². The first kappa shape index (κ1) is 10.4. The number of hydrogen-bond acceptors (Lipinski definition) is 4. The molecule has 1 fully saturated rings. The molecule has 2 rings (SSSR count). The van der Waals surface area contributed by atoms with E-state index in [2.05, 4.69) is 20.7 Å². The van der Waals surface area contributed by atoms with E-state index in [0.717, 1.165) is 6.42 Å². The minimum atomic E-state index is -0.461. The zero-order chi connectivity index (χ0) is 10.7. The normalized spacial score (nSPS) is 25.4. The summed E-state index contributed by atoms with van der Waals surface area (Å²) in [5.41, 5.74) is -0.205. The van der Waals surface area contributed by atoms with E-state index < -0.39 is 5.54 Å². The SMILES string of the molecule is O=C(NC1(CCl)CCOC1)c1cn[nH]n1. The summed E-state index contributed by atoms with van der Waals surface area (Å²) in [6, 6.07) is 0. The molecule has 1 aromatic rings. The Kier molecular flexibility index (Phi) is 2.88. The Morgan fingerprint density at radius 2 is 2.67 bits per heavy atom. The highest BCUT2D eigenvalue weighted by Gasteiger charge is 2.36. The van der Waals surface area contributed by atoms with E-state index >= 15 is 0 Å². The van der Waals surface area contributed by atoms with Crippen LogP contribution in [-0.2, 0) is 4.74 Å². The fourth-order valence-corrected chi connectivity index (χ4v) is 1.74. The zero-order valence-corrected chi connectivity index (χ0v) is 8.75. The standard InChI is InChI=1S/C8H11ClN4O2/c9-4-8(1-2-15-5-8)11-7(14)6-3-10-13-12-6/h3H,1-2,4-5H2,(H,11,14)(H,10,12,13). The first-order valence-corrected chi connectivity index (χ1v) is 5.11. The van der Waals surface area contributed by atoms with Gasteiger partial charge in [0.15, 0.2) is 5.69 Å². The number of nitrogens with one attached hydrogen (secondary N) is 2. The second-order valence-electron chi connectivity index (χ2n) is 3.53. The molecule has 0 radical (unpaired) electrons. The molecule has 15 heavy (non-hydrogen) atoms. The lowest BCUT2D eigenvalue weighted by atomic mass is 10.0. The van der Waals surface area contributed by atoms with Gasteiger partial charge in [0.25, 0.3) is 5.91 Å². The lowest BCUT2D eigenvalue weighted by molar-refractivity contribution is 0.0886. The maximum absolute atomic E-state index is 11.7. The van der Waals surface area contributed by atoms with E-state index in [4.69, 9.17) is 16.3 Å². The maximum atomic E-state index is 11.7. The van der Waals surface area contributed by atoms with Crippen LogP contribution >= 0.6 is 11.6 Å². The molecular weight excluding hydrogens is 220 g/mol. The van der Waals surface area contributed by atoms with Gasteiger partial charge in [0.1, 0.15) is 0 Å². The highest BCUT2D eigenvalue weighted by atomic mass is 35.5. The fourth-order valence-electron chi connectivity index (χ4n) is 1.46. The minimum absolute atomic E-state index is 0.256. The molecular formula is C8H11ClN4O2. The Morgan fingerprint density at radius 1 is 1.80 bits per heavy atom. The Labute approximate surface area is 91.3 Å². The average molecular weight is 231 g/mol. The van der Waals surface area contributed by atoms with Gasteiger partial charge < -0.3 is 10.1 Å². The Balaban J connectivity index is 2.04. The molecule has 82 valence electrons. The topological polar surface area (TPSA) is 79.9 Å². The number of alkyl halides is 1. The molecule has 6 nitrogen and oxygen atoms in total. The third-order valence-electron chi connectivity index (χ3n) is 2.39. The quantitative estimate of drug-likeness (QED) is 0.713. The molecule has 0 aliphatic carbocycles. The summed E-state index contributed by atoms with van der Waals surface area (Å²) in [5, 5.41) is 12.5. The van der Waals surface area contributed by atoms with Gasteiger partial charge in [-0.1, -0.05) is 0 Å². The minimum Gasteiger partial charge on any atom is -0.379 e. The molecule has 2 N–H and O–H groups in total. The largest absolute Gasteiger partial charge is 0.379 e. The van der Waals surface area contributed by atoms with Crippen molar-refractivity contribution in [3.8, 4) is 0 Å². The highest BCUT2D eigenvalue weighted by Crippen LogP contribution is 2.20. The van der Waals surface area contributed by atoms with Gasteiger partial charge in [-0.3, -0.25) is 4.79 Å². The molecule has 1 unspecified atom stereocenters. The van der Waals surface area contributed by atoms with Crippen LogP contribution in [-0.4, -0.2) is 46.0 Å². The number of carbonyl (C=O) groups is 1. The number of halogens is 1. The molecule has 1 aromatic heterocycles. The van der Waals surface area contributed by atoms with Crippen LogP contribution in [0.2, 0.25) is 0 Å². The fraction of sp³-hybridized carbons (Fsp3) is 0.625. The van der Waals surface area contributed by atoms with Crippen LogP contribution < -0.4 is 5.32 Å². The van der Waals surface area contributed by atoms with Crippen LogP contribution in [0.25, 0.3) is 0 Å². The lowest BCUT2D eigenvalue weighted by Crippen LogP contribution is -2.50. The van der Waals surface area contributed by atoms with Gasteiger partial charge in [0.2, 0.25) is 0 Å². The van der Waals surface area contributed by atoms with Gasteiger partial charge in [-0.05, 0) is 6.42 Å². The number of hydrogen-bond donors (Lipinski definition) is 2. The van der Waals surface area contributed by atoms with Gasteiger partial charge in [-0.15, -0.1) is 11.6 Å². The van der Waals surface area contributed by atoms with Crippen molar-refractivity contribution in [1.82, 2.24) is 20.7 Å². The van der Waals surface area contributed by atoms with Gasteiger partial charge >= 0.3 is 0 Å². The van der Waals surface area contributed by atoms with Crippen molar-refractivity contribution < 1.29 is 9.53 Å². The zero-order valence-electron chi connectivity index (χ0n) is 7.99. The molecule has 0 aromatic carbocycles. The van der Waals surface area contributed by atoms with Crippen LogP contribution in [0.15, 0.2) is 6.20 Å². The van der Waals surface area contributed by atoms with E-state index in [1.807, 2.05) is 0 Å². The van der Waals surface area contributed by atoms with Crippen molar-refractivity contribution in [2.75, 3.05) is 19.1 Å². The number of carbonyl (C=O) groups excluding carboxylic acids is 1. The number of H-pyrrole nitrogens is 1. The molecule has 1 aliphatic rings. The van der Waals surface area contributed by atoms with Gasteiger partial charge in [0, 0.05) is 12.5 Å². The molecule has 0 saturated carbocycles. The van der Waals surface area contributed by atoms with E-state index in [0.29, 0.717) is 19.1 Å². The summed E-state index contributed by atoms with van der Waals surface area (Å²) < 4.78 is 5.23. The first-order chi connectivity index (χ1) is 7.26. The smallest absolute Gasteiger partial charge is 0.274 e. The Bertz CT molecular complexity index is 334. The highest BCUT2D eigenvalue weighted by molar-refractivity contribution is 6.19. The summed E-state index contributed by atoms with van der Waals surface area (Å²) in [6.45, 7) is 1.06. The summed E-state index contributed by atoms with van der Waals surface area (Å²) in [4.78, 5) is 11.7. The van der Waals surface area contributed by atoms with Crippen molar-refractivity contribution >= 4 is 17.5 Å². The average Bonchev–Trinajstić information content (AvgIpc) is 2.88. The second kappa shape index (κ2) is 4.16. The summed E-state index contributed by atoms with van der Waals surface area (Å²) in [5.74, 6) is 0.0475. The van der Waals surface area contributed by atoms with Crippen molar-refractivity contribution in [3.05, 3.63) is 11.9 Å². The monoisotopic (exact) mass is 230 g/mol. The number of rotatable bonds is 3. The van der Waals surface area contributed by atoms with Crippen LogP contribution in [0, 0.1) is 0 Å². The molecule has 0 spiro atoms. The van der Waals surface area contributed by atoms with E-state index in [-0.39, 0.29) is 11.6 Å². The van der Waals surface area contributed by atoms with E-state index in [1.54, 1.807) is 0 Å². The van der Waals surface area contributed by atoms with Gasteiger partial charge in [0.05, 0.1) is 18.3 Å². The Morgan fingerprint density at radius 3 is 3.20 bits per heavy atom. The summed E-state index contributed by atoms with van der Waals surface area (Å²) >= 11 is 5.83. The van der Waals surface area contributed by atoms with E-state index in [9.17, 15) is 4.79 Å². The van der Waals surface area contributed by atoms with Crippen molar-refractivity contribution in [3.63, 3.8) is 0 Å². The third-order valence-corrected chi connectivity index (χ3v) is 2.90. The Hall–Kier alpha value is -1.14. The maximum Gasteiger partial charge on any atom is 0.274 e. The molecule has 1 aliphatic heterocycles. The van der Waals surface area contributed by atoms with Crippen LogP contribution in [0.5, 0.6) is 0 Å². The second-order valence-corrected chi connectivity index (χ2v) is 3.79. The summed E-state index contributed by atoms with van der Waals surface area (Å²) in [7, 11) is 0. The molecule has 1 saturated heterocycles. The number of ether oxygens (including phenoxy) is 1. The number of amides is 1. The van der Waals surface area contributed by atoms with Crippen LogP contribution in [0.4, 0.5) is 0 Å². The molecule has 2 heterocycles.